The van der Waals surface area contributed by atoms with E-state index in [1.165, 1.54) is 0 Å². The highest BCUT2D eigenvalue weighted by Crippen LogP contribution is 2.35. The summed E-state index contributed by atoms with van der Waals surface area (Å²) < 4.78 is 5.99. The highest BCUT2D eigenvalue weighted by Gasteiger charge is 2.21. The number of benzene rings is 1. The van der Waals surface area contributed by atoms with E-state index in [1.807, 2.05) is 35.7 Å². The lowest BCUT2D eigenvalue weighted by Gasteiger charge is -2.15. The molecule has 0 aliphatic heterocycles. The predicted octanol–water partition coefficient (Wildman–Crippen LogP) is 5.89. The number of nitrogens with one attached hydrogen (secondary N) is 1. The van der Waals surface area contributed by atoms with Crippen molar-refractivity contribution in [1.82, 2.24) is 5.32 Å². The first-order valence-corrected chi connectivity index (χ1v) is 8.48. The minimum Gasteiger partial charge on any atom is -0.459 e. The molecule has 0 saturated heterocycles. The molecule has 110 valence electrons. The van der Waals surface area contributed by atoms with Gasteiger partial charge in [-0.15, -0.1) is 11.3 Å². The first-order chi connectivity index (χ1) is 10.2. The average molecular weight is 340 g/mol. The molecular formula is C16H15Cl2NOS. The van der Waals surface area contributed by atoms with Crippen molar-refractivity contribution in [2.45, 2.75) is 19.4 Å². The highest BCUT2D eigenvalue weighted by molar-refractivity contribution is 7.10. The van der Waals surface area contributed by atoms with Crippen molar-refractivity contribution in [1.29, 1.82) is 0 Å². The van der Waals surface area contributed by atoms with Crippen molar-refractivity contribution in [2.75, 3.05) is 6.54 Å². The number of thiophene rings is 1. The Kier molecular flexibility index (Phi) is 4.55. The van der Waals surface area contributed by atoms with Crippen LogP contribution in [0, 0.1) is 0 Å². The van der Waals surface area contributed by atoms with Crippen molar-refractivity contribution in [2.24, 2.45) is 0 Å². The van der Waals surface area contributed by atoms with Gasteiger partial charge >= 0.3 is 0 Å². The van der Waals surface area contributed by atoms with Gasteiger partial charge in [0.25, 0.3) is 0 Å². The Morgan fingerprint density at radius 3 is 2.81 bits per heavy atom. The quantitative estimate of drug-likeness (QED) is 0.626. The zero-order valence-corrected chi connectivity index (χ0v) is 13.9. The van der Waals surface area contributed by atoms with Crippen LogP contribution in [-0.4, -0.2) is 6.54 Å². The normalized spacial score (nSPS) is 12.9. The van der Waals surface area contributed by atoms with Gasteiger partial charge in [-0.1, -0.05) is 30.1 Å². The summed E-state index contributed by atoms with van der Waals surface area (Å²) in [6.07, 6.45) is 1.05. The Labute approximate surface area is 137 Å². The number of furan rings is 1. The lowest BCUT2D eigenvalue weighted by molar-refractivity contribution is 0.473. The summed E-state index contributed by atoms with van der Waals surface area (Å²) in [5.41, 5.74) is 0.838. The minimum atomic E-state index is -0.0244. The molecule has 1 N–H and O–H groups in total. The van der Waals surface area contributed by atoms with Gasteiger partial charge in [-0.05, 0) is 48.7 Å². The molecule has 0 aliphatic carbocycles. The molecule has 1 aromatic carbocycles. The van der Waals surface area contributed by atoms with Crippen molar-refractivity contribution in [3.8, 4) is 0 Å². The fraction of sp³-hybridized carbons (Fsp3) is 0.250. The molecule has 0 radical (unpaired) electrons. The molecule has 1 unspecified atom stereocenters. The van der Waals surface area contributed by atoms with Gasteiger partial charge in [0, 0.05) is 15.3 Å². The second-order valence-corrected chi connectivity index (χ2v) is 6.64. The van der Waals surface area contributed by atoms with Crippen LogP contribution in [0.3, 0.4) is 0 Å². The minimum absolute atomic E-state index is 0.0244. The molecular weight excluding hydrogens is 325 g/mol. The Balaban J connectivity index is 2.03. The molecule has 0 spiro atoms. The van der Waals surface area contributed by atoms with Crippen LogP contribution in [0.5, 0.6) is 0 Å². The van der Waals surface area contributed by atoms with E-state index in [-0.39, 0.29) is 6.04 Å². The van der Waals surface area contributed by atoms with E-state index < -0.39 is 0 Å². The Morgan fingerprint density at radius 1 is 1.24 bits per heavy atom. The molecule has 0 fully saturated rings. The number of fused-ring (bicyclic) bond motifs is 1. The third kappa shape index (κ3) is 3.11. The molecule has 2 aromatic heterocycles. The van der Waals surface area contributed by atoms with Crippen molar-refractivity contribution < 1.29 is 4.42 Å². The molecule has 5 heteroatoms. The maximum Gasteiger partial charge on any atom is 0.134 e. The Hall–Kier alpha value is -1.00. The van der Waals surface area contributed by atoms with E-state index in [0.29, 0.717) is 5.02 Å². The van der Waals surface area contributed by atoms with Gasteiger partial charge in [-0.2, -0.15) is 0 Å². The van der Waals surface area contributed by atoms with Crippen molar-refractivity contribution in [3.63, 3.8) is 0 Å². The average Bonchev–Trinajstić information content (AvgIpc) is 3.06. The van der Waals surface area contributed by atoms with Crippen molar-refractivity contribution in [3.05, 3.63) is 56.4 Å². The van der Waals surface area contributed by atoms with Crippen LogP contribution in [0.1, 0.15) is 30.0 Å². The van der Waals surface area contributed by atoms with Gasteiger partial charge in [-0.3, -0.25) is 0 Å². The Bertz CT molecular complexity index is 750. The monoisotopic (exact) mass is 339 g/mol. The summed E-state index contributed by atoms with van der Waals surface area (Å²) in [4.78, 5) is 1.08. The maximum atomic E-state index is 6.29. The zero-order valence-electron chi connectivity index (χ0n) is 11.5. The van der Waals surface area contributed by atoms with Crippen molar-refractivity contribution >= 4 is 45.5 Å². The highest BCUT2D eigenvalue weighted by atomic mass is 35.5. The standard InChI is InChI=1S/C16H15Cl2NOS/c1-2-6-19-15(16-12(18)5-7-21-16)14-9-10-8-11(17)3-4-13(10)20-14/h3-5,7-9,15,19H,2,6H2,1H3. The first-order valence-electron chi connectivity index (χ1n) is 6.84. The number of halogens is 2. The van der Waals surface area contributed by atoms with Gasteiger partial charge in [0.05, 0.1) is 5.02 Å². The molecule has 1 atom stereocenters. The second-order valence-electron chi connectivity index (χ2n) is 4.85. The molecule has 3 aromatic rings. The van der Waals surface area contributed by atoms with Gasteiger partial charge < -0.3 is 9.73 Å². The molecule has 0 amide bonds. The molecule has 2 heterocycles. The number of hydrogen-bond donors (Lipinski definition) is 1. The first kappa shape index (κ1) is 14.9. The van der Waals surface area contributed by atoms with Gasteiger partial charge in [0.1, 0.15) is 17.4 Å². The molecule has 3 rings (SSSR count). The number of hydrogen-bond acceptors (Lipinski definition) is 3. The molecule has 0 bridgehead atoms. The fourth-order valence-corrected chi connectivity index (χ4v) is 3.73. The molecule has 21 heavy (non-hydrogen) atoms. The second kappa shape index (κ2) is 6.41. The van der Waals surface area contributed by atoms with Gasteiger partial charge in [0.2, 0.25) is 0 Å². The van der Waals surface area contributed by atoms with E-state index in [2.05, 4.69) is 12.2 Å². The van der Waals surface area contributed by atoms with E-state index in [4.69, 9.17) is 27.6 Å². The summed E-state index contributed by atoms with van der Waals surface area (Å²) in [7, 11) is 0. The topological polar surface area (TPSA) is 25.2 Å². The third-order valence-electron chi connectivity index (χ3n) is 3.29. The van der Waals surface area contributed by atoms with E-state index >= 15 is 0 Å². The van der Waals surface area contributed by atoms with Crippen LogP contribution in [-0.2, 0) is 0 Å². The lowest BCUT2D eigenvalue weighted by atomic mass is 10.1. The smallest absolute Gasteiger partial charge is 0.134 e. The van der Waals surface area contributed by atoms with E-state index in [1.54, 1.807) is 11.3 Å². The van der Waals surface area contributed by atoms with Gasteiger partial charge in [0.15, 0.2) is 0 Å². The summed E-state index contributed by atoms with van der Waals surface area (Å²) in [6.45, 7) is 3.04. The van der Waals surface area contributed by atoms with Crippen LogP contribution in [0.25, 0.3) is 11.0 Å². The summed E-state index contributed by atoms with van der Waals surface area (Å²) >= 11 is 14.0. The van der Waals surface area contributed by atoms with Crippen LogP contribution >= 0.6 is 34.5 Å². The van der Waals surface area contributed by atoms with Crippen LogP contribution in [0.2, 0.25) is 10.0 Å². The molecule has 0 saturated carbocycles. The molecule has 2 nitrogen and oxygen atoms in total. The SMILES string of the molecule is CCCNC(c1cc2cc(Cl)ccc2o1)c1sccc1Cl. The molecule has 0 aliphatic rings. The predicted molar refractivity (Wildman–Crippen MR) is 90.7 cm³/mol. The third-order valence-corrected chi connectivity index (χ3v) is 4.95. The summed E-state index contributed by atoms with van der Waals surface area (Å²) in [5, 5.41) is 7.99. The van der Waals surface area contributed by atoms with E-state index in [9.17, 15) is 0 Å². The van der Waals surface area contributed by atoms with Crippen LogP contribution < -0.4 is 5.32 Å². The largest absolute Gasteiger partial charge is 0.459 e. The summed E-state index contributed by atoms with van der Waals surface area (Å²) in [6, 6.07) is 9.57. The maximum absolute atomic E-state index is 6.29. The Morgan fingerprint density at radius 2 is 2.10 bits per heavy atom. The van der Waals surface area contributed by atoms with Crippen LogP contribution in [0.15, 0.2) is 40.1 Å². The van der Waals surface area contributed by atoms with E-state index in [0.717, 1.165) is 39.6 Å². The zero-order chi connectivity index (χ0) is 14.8. The number of rotatable bonds is 5. The summed E-state index contributed by atoms with van der Waals surface area (Å²) in [5.74, 6) is 0.866. The fourth-order valence-electron chi connectivity index (χ4n) is 2.30. The van der Waals surface area contributed by atoms with Crippen LogP contribution in [0.4, 0.5) is 0 Å². The van der Waals surface area contributed by atoms with Gasteiger partial charge in [-0.25, -0.2) is 0 Å². The lowest BCUT2D eigenvalue weighted by Crippen LogP contribution is -2.22.